The zero-order valence-corrected chi connectivity index (χ0v) is 11.7. The fourth-order valence-electron chi connectivity index (χ4n) is 2.11. The molecular weight excluding hydrogens is 250 g/mol. The number of hydrogen-bond acceptors (Lipinski definition) is 6. The maximum absolute atomic E-state index is 12.0. The number of rotatable bonds is 5. The molecule has 0 radical (unpaired) electrons. The Bertz CT molecular complexity index is 402. The number of likely N-dealkylation sites (N-methyl/N-ethyl adjacent to an activating group) is 1. The molecule has 0 unspecified atom stereocenters. The van der Waals surface area contributed by atoms with Gasteiger partial charge in [0.25, 0.3) is 0 Å². The van der Waals surface area contributed by atoms with Crippen molar-refractivity contribution >= 4 is 22.4 Å². The number of amides is 1. The zero-order chi connectivity index (χ0) is 13.0. The maximum Gasteiger partial charge on any atom is 0.236 e. The van der Waals surface area contributed by atoms with Gasteiger partial charge in [-0.2, -0.15) is 0 Å². The zero-order valence-electron chi connectivity index (χ0n) is 10.8. The molecule has 2 heterocycles. The van der Waals surface area contributed by atoms with Crippen molar-refractivity contribution in [2.45, 2.75) is 19.4 Å². The van der Waals surface area contributed by atoms with E-state index in [1.165, 1.54) is 11.5 Å². The molecule has 1 aliphatic rings. The molecule has 1 amide bonds. The summed E-state index contributed by atoms with van der Waals surface area (Å²) in [5.74, 6) is 0.212. The van der Waals surface area contributed by atoms with Crippen molar-refractivity contribution in [1.29, 1.82) is 0 Å². The first-order valence-corrected chi connectivity index (χ1v) is 6.93. The topological polar surface area (TPSA) is 61.4 Å². The first kappa shape index (κ1) is 13.2. The Hall–Kier alpha value is -1.21. The van der Waals surface area contributed by atoms with Crippen LogP contribution in [-0.4, -0.2) is 59.0 Å². The van der Waals surface area contributed by atoms with Crippen LogP contribution >= 0.6 is 11.5 Å². The summed E-state index contributed by atoms with van der Waals surface area (Å²) in [6, 6.07) is 0. The fraction of sp³-hybridized carbons (Fsp3) is 0.727. The molecule has 1 saturated heterocycles. The molecule has 18 heavy (non-hydrogen) atoms. The smallest absolute Gasteiger partial charge is 0.236 e. The van der Waals surface area contributed by atoms with Gasteiger partial charge in [0.2, 0.25) is 5.91 Å². The number of carbonyl (C=O) groups is 1. The van der Waals surface area contributed by atoms with E-state index in [0.29, 0.717) is 13.1 Å². The van der Waals surface area contributed by atoms with Crippen LogP contribution in [0, 0.1) is 0 Å². The third-order valence-corrected chi connectivity index (χ3v) is 3.85. The van der Waals surface area contributed by atoms with Crippen LogP contribution in [0.1, 0.15) is 18.5 Å². The number of nitrogens with zero attached hydrogens (tertiary/aromatic N) is 4. The van der Waals surface area contributed by atoms with E-state index in [0.717, 1.165) is 36.6 Å². The van der Waals surface area contributed by atoms with Crippen molar-refractivity contribution in [3.8, 4) is 0 Å². The largest absolute Gasteiger partial charge is 0.377 e. The van der Waals surface area contributed by atoms with Crippen LogP contribution in [-0.2, 0) is 11.3 Å². The number of aromatic nitrogens is 2. The summed E-state index contributed by atoms with van der Waals surface area (Å²) in [5, 5.41) is 8.10. The number of anilines is 1. The van der Waals surface area contributed by atoms with Crippen LogP contribution in [0.25, 0.3) is 0 Å². The molecule has 1 N–H and O–H groups in total. The van der Waals surface area contributed by atoms with Crippen LogP contribution < -0.4 is 5.32 Å². The van der Waals surface area contributed by atoms with Crippen LogP contribution in [0.4, 0.5) is 5.00 Å². The lowest BCUT2D eigenvalue weighted by molar-refractivity contribution is -0.131. The van der Waals surface area contributed by atoms with Gasteiger partial charge in [-0.25, -0.2) is 0 Å². The maximum atomic E-state index is 12.0. The third-order valence-electron chi connectivity index (χ3n) is 3.07. The average molecular weight is 269 g/mol. The normalized spacial score (nSPS) is 15.4. The second-order valence-electron chi connectivity index (χ2n) is 4.56. The lowest BCUT2D eigenvalue weighted by Crippen LogP contribution is -2.37. The van der Waals surface area contributed by atoms with Gasteiger partial charge in [0.1, 0.15) is 10.7 Å². The van der Waals surface area contributed by atoms with E-state index >= 15 is 0 Å². The summed E-state index contributed by atoms with van der Waals surface area (Å²) in [5.41, 5.74) is 0.902. The van der Waals surface area contributed by atoms with Crippen LogP contribution in [0.3, 0.4) is 0 Å². The highest BCUT2D eigenvalue weighted by Crippen LogP contribution is 2.18. The Morgan fingerprint density at radius 3 is 2.89 bits per heavy atom. The van der Waals surface area contributed by atoms with Gasteiger partial charge in [0, 0.05) is 38.2 Å². The first-order chi connectivity index (χ1) is 8.70. The highest BCUT2D eigenvalue weighted by Gasteiger charge is 2.19. The van der Waals surface area contributed by atoms with Crippen molar-refractivity contribution in [3.05, 3.63) is 5.69 Å². The summed E-state index contributed by atoms with van der Waals surface area (Å²) in [6.45, 7) is 2.91. The molecule has 2 rings (SSSR count). The third kappa shape index (κ3) is 3.17. The second kappa shape index (κ2) is 6.10. The summed E-state index contributed by atoms with van der Waals surface area (Å²) in [6.07, 6.45) is 2.27. The number of hydrogen-bond donors (Lipinski definition) is 1. The van der Waals surface area contributed by atoms with Gasteiger partial charge in [-0.05, 0) is 19.9 Å². The van der Waals surface area contributed by atoms with Crippen LogP contribution in [0.5, 0.6) is 0 Å². The van der Waals surface area contributed by atoms with Crippen molar-refractivity contribution in [3.63, 3.8) is 0 Å². The van der Waals surface area contributed by atoms with Crippen molar-refractivity contribution < 1.29 is 4.79 Å². The minimum atomic E-state index is 0.212. The minimum absolute atomic E-state index is 0.212. The van der Waals surface area contributed by atoms with E-state index in [1.807, 2.05) is 23.9 Å². The van der Waals surface area contributed by atoms with Gasteiger partial charge < -0.3 is 10.2 Å². The standard InChI is InChI=1S/C11H19N5OS/c1-12-11-9(13-14-18-11)7-15(2)8-10(17)16-5-3-4-6-16/h12H,3-8H2,1-2H3. The molecule has 0 bridgehead atoms. The van der Waals surface area contributed by atoms with Crippen LogP contribution in [0.2, 0.25) is 0 Å². The van der Waals surface area contributed by atoms with Gasteiger partial charge in [-0.1, -0.05) is 4.49 Å². The molecule has 1 aromatic heterocycles. The predicted octanol–water partition coefficient (Wildman–Crippen LogP) is 0.634. The SMILES string of the molecule is CNc1snnc1CN(C)CC(=O)N1CCCC1. The molecular formula is C11H19N5OS. The second-order valence-corrected chi connectivity index (χ2v) is 5.31. The van der Waals surface area contributed by atoms with Gasteiger partial charge in [0.05, 0.1) is 6.54 Å². The van der Waals surface area contributed by atoms with Crippen molar-refractivity contribution in [1.82, 2.24) is 19.4 Å². The Morgan fingerprint density at radius 2 is 2.22 bits per heavy atom. The molecule has 0 spiro atoms. The number of carbonyl (C=O) groups excluding carboxylic acids is 1. The van der Waals surface area contributed by atoms with Crippen LogP contribution in [0.15, 0.2) is 0 Å². The lowest BCUT2D eigenvalue weighted by Gasteiger charge is -2.20. The van der Waals surface area contributed by atoms with E-state index in [-0.39, 0.29) is 5.91 Å². The van der Waals surface area contributed by atoms with E-state index in [1.54, 1.807) is 0 Å². The molecule has 7 heteroatoms. The first-order valence-electron chi connectivity index (χ1n) is 6.16. The molecule has 100 valence electrons. The van der Waals surface area contributed by atoms with E-state index in [2.05, 4.69) is 14.9 Å². The monoisotopic (exact) mass is 269 g/mol. The molecule has 1 aromatic rings. The van der Waals surface area contributed by atoms with E-state index in [4.69, 9.17) is 0 Å². The minimum Gasteiger partial charge on any atom is -0.377 e. The molecule has 0 atom stereocenters. The molecule has 6 nitrogen and oxygen atoms in total. The Labute approximate surface area is 111 Å². The lowest BCUT2D eigenvalue weighted by atomic mass is 10.4. The predicted molar refractivity (Wildman–Crippen MR) is 71.6 cm³/mol. The highest BCUT2D eigenvalue weighted by molar-refractivity contribution is 7.10. The average Bonchev–Trinajstić information content (AvgIpc) is 2.98. The van der Waals surface area contributed by atoms with Gasteiger partial charge >= 0.3 is 0 Å². The van der Waals surface area contributed by atoms with Gasteiger partial charge in [0.15, 0.2) is 0 Å². The van der Waals surface area contributed by atoms with Gasteiger partial charge in [-0.15, -0.1) is 5.10 Å². The number of likely N-dealkylation sites (tertiary alicyclic amines) is 1. The molecule has 0 saturated carbocycles. The highest BCUT2D eigenvalue weighted by atomic mass is 32.1. The Kier molecular flexibility index (Phi) is 4.48. The summed E-state index contributed by atoms with van der Waals surface area (Å²) < 4.78 is 3.91. The summed E-state index contributed by atoms with van der Waals surface area (Å²) >= 11 is 1.34. The molecule has 0 aromatic carbocycles. The van der Waals surface area contributed by atoms with E-state index < -0.39 is 0 Å². The number of nitrogens with one attached hydrogen (secondary N) is 1. The molecule has 1 aliphatic heterocycles. The molecule has 1 fully saturated rings. The van der Waals surface area contributed by atoms with Crippen molar-refractivity contribution in [2.24, 2.45) is 0 Å². The fourth-order valence-corrected chi connectivity index (χ4v) is 2.63. The summed E-state index contributed by atoms with van der Waals surface area (Å²) in [7, 11) is 3.79. The molecule has 0 aliphatic carbocycles. The van der Waals surface area contributed by atoms with E-state index in [9.17, 15) is 4.79 Å². The van der Waals surface area contributed by atoms with Crippen molar-refractivity contribution in [2.75, 3.05) is 39.0 Å². The Morgan fingerprint density at radius 1 is 1.50 bits per heavy atom. The Balaban J connectivity index is 1.84. The quantitative estimate of drug-likeness (QED) is 0.849. The summed E-state index contributed by atoms with van der Waals surface area (Å²) in [4.78, 5) is 15.9. The van der Waals surface area contributed by atoms with Gasteiger partial charge in [-0.3, -0.25) is 9.69 Å².